The van der Waals surface area contributed by atoms with Crippen LogP contribution in [0, 0.1) is 0 Å². The Kier molecular flexibility index (Phi) is 3.14. The second-order valence-electron chi connectivity index (χ2n) is 2.11. The third-order valence-corrected chi connectivity index (χ3v) is 1.25. The summed E-state index contributed by atoms with van der Waals surface area (Å²) in [7, 11) is 0. The van der Waals surface area contributed by atoms with Crippen molar-refractivity contribution in [1.82, 2.24) is 10.5 Å². The first kappa shape index (κ1) is 8.30. The van der Waals surface area contributed by atoms with Crippen LogP contribution in [0.15, 0.2) is 28.5 Å². The number of rotatable bonds is 4. The van der Waals surface area contributed by atoms with Gasteiger partial charge in [-0.3, -0.25) is 0 Å². The van der Waals surface area contributed by atoms with E-state index in [0.29, 0.717) is 18.1 Å². The lowest BCUT2D eigenvalue weighted by Crippen LogP contribution is -2.14. The van der Waals surface area contributed by atoms with Crippen molar-refractivity contribution in [2.45, 2.75) is 6.54 Å². The summed E-state index contributed by atoms with van der Waals surface area (Å²) >= 11 is 5.52. The zero-order valence-electron chi connectivity index (χ0n) is 6.01. The molecule has 4 heteroatoms. The van der Waals surface area contributed by atoms with Crippen molar-refractivity contribution >= 4 is 11.6 Å². The lowest BCUT2D eigenvalue weighted by molar-refractivity contribution is 0.409. The van der Waals surface area contributed by atoms with Crippen molar-refractivity contribution in [3.63, 3.8) is 0 Å². The van der Waals surface area contributed by atoms with Gasteiger partial charge in [0.25, 0.3) is 0 Å². The van der Waals surface area contributed by atoms with Crippen LogP contribution in [0.3, 0.4) is 0 Å². The molecule has 0 amide bonds. The second kappa shape index (κ2) is 4.16. The van der Waals surface area contributed by atoms with Gasteiger partial charge in [0.2, 0.25) is 0 Å². The molecule has 0 aromatic carbocycles. The molecule has 1 aromatic rings. The van der Waals surface area contributed by atoms with Crippen LogP contribution in [0.2, 0.25) is 0 Å². The van der Waals surface area contributed by atoms with Gasteiger partial charge in [-0.05, 0) is 0 Å². The van der Waals surface area contributed by atoms with Crippen LogP contribution < -0.4 is 5.32 Å². The Hall–Kier alpha value is -0.800. The van der Waals surface area contributed by atoms with Crippen LogP contribution >= 0.6 is 11.6 Å². The molecule has 0 atom stereocenters. The third kappa shape index (κ3) is 3.20. The van der Waals surface area contributed by atoms with Gasteiger partial charge >= 0.3 is 0 Å². The van der Waals surface area contributed by atoms with Crippen molar-refractivity contribution in [2.24, 2.45) is 0 Å². The largest absolute Gasteiger partial charge is 0.364 e. The summed E-state index contributed by atoms with van der Waals surface area (Å²) in [5.41, 5.74) is 0.864. The molecule has 0 aliphatic heterocycles. The van der Waals surface area contributed by atoms with E-state index >= 15 is 0 Å². The first-order valence-corrected chi connectivity index (χ1v) is 3.60. The molecule has 0 saturated heterocycles. The molecule has 0 saturated carbocycles. The van der Waals surface area contributed by atoms with E-state index in [1.54, 1.807) is 6.07 Å². The molecule has 1 aromatic heterocycles. The summed E-state index contributed by atoms with van der Waals surface area (Å²) in [6.45, 7) is 4.78. The van der Waals surface area contributed by atoms with E-state index < -0.39 is 0 Å². The Balaban J connectivity index is 2.19. The molecule has 1 N–H and O–H groups in total. The fourth-order valence-corrected chi connectivity index (χ4v) is 0.749. The van der Waals surface area contributed by atoms with Crippen molar-refractivity contribution in [2.75, 3.05) is 6.54 Å². The maximum atomic E-state index is 5.52. The summed E-state index contributed by atoms with van der Waals surface area (Å²) in [5, 5.41) is 7.33. The Morgan fingerprint density at radius 1 is 1.82 bits per heavy atom. The van der Waals surface area contributed by atoms with E-state index in [9.17, 15) is 0 Å². The minimum atomic E-state index is 0.591. The summed E-state index contributed by atoms with van der Waals surface area (Å²) in [6.07, 6.45) is 1.53. The van der Waals surface area contributed by atoms with Gasteiger partial charge < -0.3 is 9.84 Å². The van der Waals surface area contributed by atoms with Crippen molar-refractivity contribution in [3.05, 3.63) is 29.6 Å². The Morgan fingerprint density at radius 2 is 2.64 bits per heavy atom. The first-order chi connectivity index (χ1) is 5.29. The molecule has 60 valence electrons. The minimum Gasteiger partial charge on any atom is -0.364 e. The normalized spacial score (nSPS) is 9.91. The number of hydrogen-bond donors (Lipinski definition) is 1. The van der Waals surface area contributed by atoms with E-state index in [-0.39, 0.29) is 0 Å². The van der Waals surface area contributed by atoms with E-state index in [1.807, 2.05) is 0 Å². The van der Waals surface area contributed by atoms with Gasteiger partial charge in [0.05, 0.1) is 5.69 Å². The van der Waals surface area contributed by atoms with Gasteiger partial charge in [-0.2, -0.15) is 0 Å². The van der Waals surface area contributed by atoms with Gasteiger partial charge in [0.1, 0.15) is 6.26 Å². The summed E-state index contributed by atoms with van der Waals surface area (Å²) < 4.78 is 4.63. The molecular formula is C7H9ClN2O. The highest BCUT2D eigenvalue weighted by Gasteiger charge is 1.94. The smallest absolute Gasteiger partial charge is 0.124 e. The van der Waals surface area contributed by atoms with E-state index in [2.05, 4.69) is 21.6 Å². The van der Waals surface area contributed by atoms with Crippen molar-refractivity contribution < 1.29 is 4.52 Å². The molecule has 0 spiro atoms. The number of hydrogen-bond acceptors (Lipinski definition) is 3. The molecule has 1 heterocycles. The van der Waals surface area contributed by atoms with Crippen LogP contribution in [0.5, 0.6) is 0 Å². The van der Waals surface area contributed by atoms with Gasteiger partial charge in [0, 0.05) is 24.2 Å². The van der Waals surface area contributed by atoms with Crippen LogP contribution in [0.4, 0.5) is 0 Å². The fourth-order valence-electron chi connectivity index (χ4n) is 0.655. The lowest BCUT2D eigenvalue weighted by Gasteiger charge is -1.97. The molecular weight excluding hydrogens is 164 g/mol. The standard InChI is InChI=1S/C7H9ClN2O/c1-6(8)4-9-5-7-2-3-11-10-7/h2-3,9H,1,4-5H2. The Labute approximate surface area is 70.0 Å². The predicted molar refractivity (Wildman–Crippen MR) is 43.2 cm³/mol. The maximum absolute atomic E-state index is 5.52. The maximum Gasteiger partial charge on any atom is 0.124 e. The SMILES string of the molecule is C=C(Cl)CNCc1ccon1. The Morgan fingerprint density at radius 3 is 3.18 bits per heavy atom. The zero-order valence-corrected chi connectivity index (χ0v) is 6.77. The van der Waals surface area contributed by atoms with Gasteiger partial charge in [-0.25, -0.2) is 0 Å². The van der Waals surface area contributed by atoms with Crippen LogP contribution in [0.1, 0.15) is 5.69 Å². The molecule has 0 bridgehead atoms. The second-order valence-corrected chi connectivity index (χ2v) is 2.65. The van der Waals surface area contributed by atoms with Gasteiger partial charge in [0.15, 0.2) is 0 Å². The predicted octanol–water partition coefficient (Wildman–Crippen LogP) is 1.52. The van der Waals surface area contributed by atoms with E-state index in [0.717, 1.165) is 5.69 Å². The molecule has 0 radical (unpaired) electrons. The van der Waals surface area contributed by atoms with Crippen LogP contribution in [-0.4, -0.2) is 11.7 Å². The third-order valence-electron chi connectivity index (χ3n) is 1.11. The highest BCUT2D eigenvalue weighted by atomic mass is 35.5. The van der Waals surface area contributed by atoms with Gasteiger partial charge in [-0.15, -0.1) is 0 Å². The molecule has 0 aliphatic carbocycles. The summed E-state index contributed by atoms with van der Waals surface area (Å²) in [4.78, 5) is 0. The van der Waals surface area contributed by atoms with Gasteiger partial charge in [-0.1, -0.05) is 23.3 Å². The van der Waals surface area contributed by atoms with Crippen LogP contribution in [0.25, 0.3) is 0 Å². The highest BCUT2D eigenvalue weighted by molar-refractivity contribution is 6.29. The fraction of sp³-hybridized carbons (Fsp3) is 0.286. The van der Waals surface area contributed by atoms with Crippen molar-refractivity contribution in [3.8, 4) is 0 Å². The number of aromatic nitrogens is 1. The average Bonchev–Trinajstić information content (AvgIpc) is 2.39. The van der Waals surface area contributed by atoms with Crippen LogP contribution in [-0.2, 0) is 6.54 Å². The minimum absolute atomic E-state index is 0.591. The molecule has 0 fully saturated rings. The highest BCUT2D eigenvalue weighted by Crippen LogP contribution is 1.95. The van der Waals surface area contributed by atoms with E-state index in [4.69, 9.17) is 11.6 Å². The lowest BCUT2D eigenvalue weighted by atomic mass is 10.4. The topological polar surface area (TPSA) is 38.1 Å². The number of halogens is 1. The average molecular weight is 173 g/mol. The van der Waals surface area contributed by atoms with Crippen molar-refractivity contribution in [1.29, 1.82) is 0 Å². The monoisotopic (exact) mass is 172 g/mol. The molecule has 0 aliphatic rings. The number of nitrogens with one attached hydrogen (secondary N) is 1. The summed E-state index contributed by atoms with van der Waals surface area (Å²) in [5.74, 6) is 0. The van der Waals surface area contributed by atoms with E-state index in [1.165, 1.54) is 6.26 Å². The summed E-state index contributed by atoms with van der Waals surface area (Å²) in [6, 6.07) is 1.80. The molecule has 1 rings (SSSR count). The Bertz CT molecular complexity index is 220. The molecule has 0 unspecified atom stereocenters. The molecule has 11 heavy (non-hydrogen) atoms. The molecule has 3 nitrogen and oxygen atoms in total. The number of nitrogens with zero attached hydrogens (tertiary/aromatic N) is 1. The zero-order chi connectivity index (χ0) is 8.10. The first-order valence-electron chi connectivity index (χ1n) is 3.22. The quantitative estimate of drug-likeness (QED) is 0.749.